The molecule has 0 aliphatic heterocycles. The van der Waals surface area contributed by atoms with Crippen molar-refractivity contribution < 1.29 is 33.6 Å². The van der Waals surface area contributed by atoms with Crippen LogP contribution in [0.1, 0.15) is 11.1 Å². The molecule has 0 amide bonds. The summed E-state index contributed by atoms with van der Waals surface area (Å²) >= 11 is 0. The predicted octanol–water partition coefficient (Wildman–Crippen LogP) is 4.10. The summed E-state index contributed by atoms with van der Waals surface area (Å²) in [6.45, 7) is 7.49. The second kappa shape index (κ2) is 9.66. The number of carbonyl (C=O) groups is 1. The maximum Gasteiger partial charge on any atom is 0.335 e. The first kappa shape index (κ1) is 21.8. The Labute approximate surface area is 169 Å². The van der Waals surface area contributed by atoms with Gasteiger partial charge in [0.05, 0.1) is 26.9 Å². The van der Waals surface area contributed by atoms with Crippen LogP contribution in [0.25, 0.3) is 22.8 Å². The van der Waals surface area contributed by atoms with Gasteiger partial charge in [0.1, 0.15) is 0 Å². The Morgan fingerprint density at radius 1 is 1.03 bits per heavy atom. The molecule has 29 heavy (non-hydrogen) atoms. The van der Waals surface area contributed by atoms with Crippen molar-refractivity contribution in [2.75, 3.05) is 35.2 Å². The lowest BCUT2D eigenvalue weighted by molar-refractivity contribution is -0.130. The van der Waals surface area contributed by atoms with Gasteiger partial charge in [-0.3, -0.25) is 0 Å². The summed E-state index contributed by atoms with van der Waals surface area (Å²) in [5, 5.41) is 9.28. The second-order valence-corrected chi connectivity index (χ2v) is 5.84. The second-order valence-electron chi connectivity index (χ2n) is 5.84. The van der Waals surface area contributed by atoms with Crippen molar-refractivity contribution in [2.24, 2.45) is 0 Å². The molecule has 0 atom stereocenters. The molecule has 1 N–H and O–H groups in total. The van der Waals surface area contributed by atoms with E-state index < -0.39 is 5.97 Å². The molecule has 0 saturated heterocycles. The third kappa shape index (κ3) is 4.20. The number of carboxylic acids is 1. The van der Waals surface area contributed by atoms with E-state index in [1.54, 1.807) is 24.3 Å². The molecule has 154 valence electrons. The molecule has 0 aliphatic carbocycles. The zero-order valence-electron chi connectivity index (χ0n) is 16.9. The fraction of sp³-hybridized carbons (Fsp3) is 0.227. The fourth-order valence-corrected chi connectivity index (χ4v) is 2.97. The van der Waals surface area contributed by atoms with E-state index in [0.717, 1.165) is 0 Å². The molecule has 0 heterocycles. The van der Waals surface area contributed by atoms with Gasteiger partial charge in [-0.05, 0) is 17.2 Å². The van der Waals surface area contributed by atoms with E-state index in [2.05, 4.69) is 13.2 Å². The van der Waals surface area contributed by atoms with Crippen LogP contribution < -0.4 is 18.9 Å². The Morgan fingerprint density at radius 2 is 1.66 bits per heavy atom. The summed E-state index contributed by atoms with van der Waals surface area (Å²) in [5.74, 6) is 0.298. The van der Waals surface area contributed by atoms with Gasteiger partial charge >= 0.3 is 5.97 Å². The summed E-state index contributed by atoms with van der Waals surface area (Å²) in [7, 11) is 5.98. The van der Waals surface area contributed by atoms with Gasteiger partial charge in [-0.2, -0.15) is 0 Å². The van der Waals surface area contributed by atoms with Crippen molar-refractivity contribution in [3.63, 3.8) is 0 Å². The van der Waals surface area contributed by atoms with Crippen molar-refractivity contribution in [2.45, 2.75) is 0 Å². The van der Waals surface area contributed by atoms with Crippen LogP contribution in [0.5, 0.6) is 23.0 Å². The lowest BCUT2D eigenvalue weighted by Gasteiger charge is -2.23. The van der Waals surface area contributed by atoms with E-state index in [1.807, 2.05) is 6.07 Å². The topological polar surface area (TPSA) is 83.5 Å². The molecular weight excluding hydrogens is 376 g/mol. The van der Waals surface area contributed by atoms with Crippen LogP contribution in [0.15, 0.2) is 37.4 Å². The average Bonchev–Trinajstić information content (AvgIpc) is 2.75. The summed E-state index contributed by atoms with van der Waals surface area (Å²) in [5.41, 5.74) is 2.28. The quantitative estimate of drug-likeness (QED) is 0.475. The first-order chi connectivity index (χ1) is 13.9. The van der Waals surface area contributed by atoms with E-state index in [-0.39, 0.29) is 12.4 Å². The molecule has 0 radical (unpaired) electrons. The number of hydrogen-bond acceptors (Lipinski definition) is 6. The van der Waals surface area contributed by atoms with Crippen molar-refractivity contribution in [1.29, 1.82) is 0 Å². The van der Waals surface area contributed by atoms with E-state index in [0.29, 0.717) is 45.3 Å². The Bertz CT molecular complexity index is 931. The third-order valence-electron chi connectivity index (χ3n) is 4.26. The fourth-order valence-electron chi connectivity index (χ4n) is 2.97. The number of methoxy groups -OCH3 is 4. The standard InChI is InChI=1S/C22H24O7/c1-7-16-17(15-10-8-9-14(11-15)13(2)22(23)24)19(26-4)21(28-6)20(27-5)18(16)29-12-25-3/h7-11H,1-2,12H2,3-6H3,(H,23,24). The van der Waals surface area contributed by atoms with Crippen LogP contribution in [0.2, 0.25) is 0 Å². The number of carboxylic acid groups (broad SMARTS) is 1. The van der Waals surface area contributed by atoms with Crippen LogP contribution in [0.3, 0.4) is 0 Å². The van der Waals surface area contributed by atoms with Gasteiger partial charge in [-0.15, -0.1) is 0 Å². The Balaban J connectivity index is 2.89. The van der Waals surface area contributed by atoms with E-state index in [1.165, 1.54) is 28.4 Å². The van der Waals surface area contributed by atoms with Crippen LogP contribution >= 0.6 is 0 Å². The Morgan fingerprint density at radius 3 is 2.17 bits per heavy atom. The third-order valence-corrected chi connectivity index (χ3v) is 4.26. The largest absolute Gasteiger partial charge is 0.492 e. The number of hydrogen-bond donors (Lipinski definition) is 1. The minimum atomic E-state index is -1.10. The molecular formula is C22H24O7. The zero-order chi connectivity index (χ0) is 21.6. The van der Waals surface area contributed by atoms with Gasteiger partial charge in [-0.1, -0.05) is 37.4 Å². The van der Waals surface area contributed by atoms with Gasteiger partial charge in [0.15, 0.2) is 18.3 Å². The number of ether oxygens (including phenoxy) is 5. The van der Waals surface area contributed by atoms with Crippen molar-refractivity contribution >= 4 is 17.6 Å². The molecule has 0 bridgehead atoms. The molecule has 7 nitrogen and oxygen atoms in total. The maximum absolute atomic E-state index is 11.3. The average molecular weight is 400 g/mol. The highest BCUT2D eigenvalue weighted by Crippen LogP contribution is 2.53. The minimum absolute atomic E-state index is 0.0256. The van der Waals surface area contributed by atoms with Crippen molar-refractivity contribution in [3.05, 3.63) is 48.6 Å². The molecule has 0 saturated carbocycles. The molecule has 7 heteroatoms. The molecule has 0 unspecified atom stereocenters. The predicted molar refractivity (Wildman–Crippen MR) is 111 cm³/mol. The monoisotopic (exact) mass is 400 g/mol. The highest BCUT2D eigenvalue weighted by atomic mass is 16.7. The van der Waals surface area contributed by atoms with Gasteiger partial charge < -0.3 is 28.8 Å². The van der Waals surface area contributed by atoms with Crippen molar-refractivity contribution in [3.8, 4) is 34.1 Å². The van der Waals surface area contributed by atoms with Crippen LogP contribution in [-0.2, 0) is 9.53 Å². The number of benzene rings is 2. The molecule has 2 aromatic carbocycles. The van der Waals surface area contributed by atoms with Crippen LogP contribution in [0, 0.1) is 0 Å². The van der Waals surface area contributed by atoms with Gasteiger partial charge in [0.2, 0.25) is 11.5 Å². The Hall–Kier alpha value is -3.45. The number of rotatable bonds is 10. The zero-order valence-corrected chi connectivity index (χ0v) is 16.9. The smallest absolute Gasteiger partial charge is 0.335 e. The molecule has 2 rings (SSSR count). The highest BCUT2D eigenvalue weighted by Gasteiger charge is 2.27. The van der Waals surface area contributed by atoms with E-state index in [9.17, 15) is 9.90 Å². The molecule has 0 aromatic heterocycles. The van der Waals surface area contributed by atoms with E-state index in [4.69, 9.17) is 23.7 Å². The Kier molecular flexibility index (Phi) is 7.27. The van der Waals surface area contributed by atoms with Gasteiger partial charge in [-0.25, -0.2) is 4.79 Å². The maximum atomic E-state index is 11.3. The van der Waals surface area contributed by atoms with Crippen LogP contribution in [0.4, 0.5) is 0 Å². The van der Waals surface area contributed by atoms with Crippen LogP contribution in [-0.4, -0.2) is 46.3 Å². The lowest BCUT2D eigenvalue weighted by atomic mass is 9.93. The lowest BCUT2D eigenvalue weighted by Crippen LogP contribution is -2.07. The normalized spacial score (nSPS) is 10.2. The first-order valence-electron chi connectivity index (χ1n) is 8.58. The van der Waals surface area contributed by atoms with Gasteiger partial charge in [0.25, 0.3) is 0 Å². The molecule has 0 aliphatic rings. The number of aliphatic carboxylic acids is 1. The summed E-state index contributed by atoms with van der Waals surface area (Å²) in [4.78, 5) is 11.3. The molecule has 2 aromatic rings. The summed E-state index contributed by atoms with van der Waals surface area (Å²) in [6, 6.07) is 6.92. The van der Waals surface area contributed by atoms with Crippen molar-refractivity contribution in [1.82, 2.24) is 0 Å². The van der Waals surface area contributed by atoms with Gasteiger partial charge in [0, 0.05) is 18.2 Å². The summed E-state index contributed by atoms with van der Waals surface area (Å²) in [6.07, 6.45) is 1.60. The SMILES string of the molecule is C=Cc1c(OCOC)c(OC)c(OC)c(OC)c1-c1cccc(C(=C)C(=O)O)c1. The minimum Gasteiger partial charge on any atom is -0.492 e. The molecule has 0 spiro atoms. The van der Waals surface area contributed by atoms with E-state index >= 15 is 0 Å². The highest BCUT2D eigenvalue weighted by molar-refractivity contribution is 6.14. The summed E-state index contributed by atoms with van der Waals surface area (Å²) < 4.78 is 27.5. The molecule has 0 fully saturated rings. The first-order valence-corrected chi connectivity index (χ1v) is 8.58.